The van der Waals surface area contributed by atoms with Gasteiger partial charge in [0.2, 0.25) is 10.0 Å². The van der Waals surface area contributed by atoms with Crippen molar-refractivity contribution in [3.63, 3.8) is 0 Å². The first-order valence-electron chi connectivity index (χ1n) is 10.9. The van der Waals surface area contributed by atoms with Gasteiger partial charge in [0.1, 0.15) is 5.75 Å². The van der Waals surface area contributed by atoms with Crippen LogP contribution in [0.1, 0.15) is 5.56 Å². The van der Waals surface area contributed by atoms with Crippen molar-refractivity contribution in [1.29, 1.82) is 0 Å². The van der Waals surface area contributed by atoms with Gasteiger partial charge in [-0.3, -0.25) is 4.79 Å². The van der Waals surface area contributed by atoms with E-state index in [-0.39, 0.29) is 24.0 Å². The lowest BCUT2D eigenvalue weighted by atomic mass is 10.2. The number of amides is 1. The smallest absolute Gasteiger partial charge is 0.262 e. The van der Waals surface area contributed by atoms with E-state index in [1.807, 2.05) is 84.9 Å². The summed E-state index contributed by atoms with van der Waals surface area (Å²) in [5, 5.41) is 2.88. The molecular weight excluding hydrogens is 480 g/mol. The number of nitrogens with one attached hydrogen (secondary N) is 2. The SMILES string of the molecule is O=C(COc1ccc(S(=O)(=O)NCc2ccccc2)cc1)Nc1ccccc1Sc1ccccc1. The van der Waals surface area contributed by atoms with Crippen LogP contribution in [0.4, 0.5) is 5.69 Å². The first kappa shape index (κ1) is 24.5. The molecule has 1 amide bonds. The number of ether oxygens (including phenoxy) is 1. The molecule has 0 radical (unpaired) electrons. The molecule has 0 spiro atoms. The highest BCUT2D eigenvalue weighted by atomic mass is 32.2. The average molecular weight is 505 g/mol. The molecule has 178 valence electrons. The number of rotatable bonds is 10. The number of carbonyl (C=O) groups excluding carboxylic acids is 1. The maximum atomic E-state index is 12.5. The van der Waals surface area contributed by atoms with E-state index in [2.05, 4.69) is 10.0 Å². The minimum atomic E-state index is -3.67. The maximum Gasteiger partial charge on any atom is 0.262 e. The fourth-order valence-electron chi connectivity index (χ4n) is 3.18. The van der Waals surface area contributed by atoms with E-state index >= 15 is 0 Å². The summed E-state index contributed by atoms with van der Waals surface area (Å²) in [6.45, 7) is -0.00563. The predicted octanol–water partition coefficient (Wildman–Crippen LogP) is 5.33. The Morgan fingerprint density at radius 3 is 2.11 bits per heavy atom. The molecule has 35 heavy (non-hydrogen) atoms. The van der Waals surface area contributed by atoms with E-state index in [1.165, 1.54) is 24.3 Å². The topological polar surface area (TPSA) is 84.5 Å². The minimum Gasteiger partial charge on any atom is -0.484 e. The van der Waals surface area contributed by atoms with E-state index in [0.717, 1.165) is 15.4 Å². The van der Waals surface area contributed by atoms with Crippen molar-refractivity contribution in [3.8, 4) is 5.75 Å². The molecule has 8 heteroatoms. The Morgan fingerprint density at radius 1 is 0.771 bits per heavy atom. The van der Waals surface area contributed by atoms with Gasteiger partial charge in [0.15, 0.2) is 6.61 Å². The van der Waals surface area contributed by atoms with Crippen molar-refractivity contribution in [2.75, 3.05) is 11.9 Å². The van der Waals surface area contributed by atoms with Crippen molar-refractivity contribution in [2.45, 2.75) is 21.2 Å². The lowest BCUT2D eigenvalue weighted by Gasteiger charge is -2.12. The zero-order chi connectivity index (χ0) is 24.5. The first-order valence-corrected chi connectivity index (χ1v) is 13.2. The third-order valence-electron chi connectivity index (χ3n) is 4.95. The van der Waals surface area contributed by atoms with Crippen LogP contribution in [0.25, 0.3) is 0 Å². The van der Waals surface area contributed by atoms with Gasteiger partial charge < -0.3 is 10.1 Å². The Kier molecular flexibility index (Phi) is 8.20. The Hall–Kier alpha value is -3.59. The largest absolute Gasteiger partial charge is 0.484 e. The van der Waals surface area contributed by atoms with E-state index in [9.17, 15) is 13.2 Å². The molecule has 2 N–H and O–H groups in total. The molecule has 0 aliphatic heterocycles. The highest BCUT2D eigenvalue weighted by molar-refractivity contribution is 7.99. The molecule has 0 aromatic heterocycles. The molecule has 0 aliphatic rings. The fraction of sp³-hybridized carbons (Fsp3) is 0.0741. The van der Waals surface area contributed by atoms with E-state index in [1.54, 1.807) is 11.8 Å². The molecule has 0 saturated heterocycles. The summed E-state index contributed by atoms with van der Waals surface area (Å²) in [6.07, 6.45) is 0. The van der Waals surface area contributed by atoms with Crippen molar-refractivity contribution < 1.29 is 17.9 Å². The van der Waals surface area contributed by atoms with Gasteiger partial charge in [-0.15, -0.1) is 0 Å². The highest BCUT2D eigenvalue weighted by Crippen LogP contribution is 2.33. The Bertz CT molecular complexity index is 1360. The number of benzene rings is 4. The normalized spacial score (nSPS) is 11.1. The molecule has 6 nitrogen and oxygen atoms in total. The summed E-state index contributed by atoms with van der Waals surface area (Å²) in [7, 11) is -3.67. The molecule has 0 atom stereocenters. The molecule has 4 aromatic carbocycles. The number of hydrogen-bond donors (Lipinski definition) is 2. The molecule has 0 heterocycles. The van der Waals surface area contributed by atoms with Gasteiger partial charge in [0.05, 0.1) is 10.6 Å². The van der Waals surface area contributed by atoms with Crippen molar-refractivity contribution in [1.82, 2.24) is 4.72 Å². The van der Waals surface area contributed by atoms with Crippen LogP contribution in [0.2, 0.25) is 0 Å². The number of para-hydroxylation sites is 1. The van der Waals surface area contributed by atoms with Crippen LogP contribution in [0.3, 0.4) is 0 Å². The van der Waals surface area contributed by atoms with Crippen LogP contribution in [0.5, 0.6) is 5.75 Å². The summed E-state index contributed by atoms with van der Waals surface area (Å²) in [6, 6.07) is 32.7. The van der Waals surface area contributed by atoms with E-state index in [4.69, 9.17) is 4.74 Å². The zero-order valence-electron chi connectivity index (χ0n) is 18.8. The summed E-state index contributed by atoms with van der Waals surface area (Å²) in [5.41, 5.74) is 1.56. The van der Waals surface area contributed by atoms with E-state index < -0.39 is 10.0 Å². The predicted molar refractivity (Wildman–Crippen MR) is 138 cm³/mol. The lowest BCUT2D eigenvalue weighted by molar-refractivity contribution is -0.118. The van der Waals surface area contributed by atoms with Crippen LogP contribution in [0.15, 0.2) is 124 Å². The zero-order valence-corrected chi connectivity index (χ0v) is 20.4. The molecule has 4 rings (SSSR count). The second-order valence-electron chi connectivity index (χ2n) is 7.53. The quantitative estimate of drug-likeness (QED) is 0.305. The Labute approximate surface area is 209 Å². The molecule has 0 fully saturated rings. The first-order chi connectivity index (χ1) is 17.0. The maximum absolute atomic E-state index is 12.5. The summed E-state index contributed by atoms with van der Waals surface area (Å²) >= 11 is 1.56. The number of hydrogen-bond acceptors (Lipinski definition) is 5. The summed E-state index contributed by atoms with van der Waals surface area (Å²) in [4.78, 5) is 14.6. The average Bonchev–Trinajstić information content (AvgIpc) is 2.89. The van der Waals surface area contributed by atoms with Gasteiger partial charge in [-0.25, -0.2) is 13.1 Å². The molecule has 0 unspecified atom stereocenters. The number of anilines is 1. The van der Waals surface area contributed by atoms with Gasteiger partial charge in [-0.2, -0.15) is 0 Å². The second kappa shape index (κ2) is 11.7. The number of sulfonamides is 1. The van der Waals surface area contributed by atoms with Crippen LogP contribution in [0, 0.1) is 0 Å². The molecule has 0 saturated carbocycles. The van der Waals surface area contributed by atoms with Crippen LogP contribution in [-0.2, 0) is 21.4 Å². The molecule has 0 aliphatic carbocycles. The monoisotopic (exact) mass is 504 g/mol. The van der Waals surface area contributed by atoms with Crippen LogP contribution >= 0.6 is 11.8 Å². The van der Waals surface area contributed by atoms with Gasteiger partial charge in [0.25, 0.3) is 5.91 Å². The van der Waals surface area contributed by atoms with Crippen LogP contribution < -0.4 is 14.8 Å². The van der Waals surface area contributed by atoms with Crippen LogP contribution in [-0.4, -0.2) is 20.9 Å². The second-order valence-corrected chi connectivity index (χ2v) is 10.4. The minimum absolute atomic E-state index is 0.122. The highest BCUT2D eigenvalue weighted by Gasteiger charge is 2.14. The van der Waals surface area contributed by atoms with Gasteiger partial charge in [-0.05, 0) is 54.1 Å². The van der Waals surface area contributed by atoms with E-state index in [0.29, 0.717) is 11.4 Å². The van der Waals surface area contributed by atoms with Gasteiger partial charge in [-0.1, -0.05) is 72.4 Å². The molecule has 4 aromatic rings. The summed E-state index contributed by atoms with van der Waals surface area (Å²) in [5.74, 6) is 0.0847. The van der Waals surface area contributed by atoms with Crippen molar-refractivity contribution >= 4 is 33.4 Å². The number of carbonyl (C=O) groups is 1. The van der Waals surface area contributed by atoms with Gasteiger partial charge >= 0.3 is 0 Å². The van der Waals surface area contributed by atoms with Crippen molar-refractivity contribution in [3.05, 3.63) is 115 Å². The Morgan fingerprint density at radius 2 is 1.40 bits per heavy atom. The standard InChI is InChI=1S/C27H24N2O4S2/c30-27(29-25-13-7-8-14-26(25)34-23-11-5-2-6-12-23)20-33-22-15-17-24(18-16-22)35(31,32)28-19-21-9-3-1-4-10-21/h1-18,28H,19-20H2,(H,29,30). The third kappa shape index (κ3) is 7.19. The molecule has 0 bridgehead atoms. The molecular formula is C27H24N2O4S2. The fourth-order valence-corrected chi connectivity index (χ4v) is 5.12. The summed E-state index contributed by atoms with van der Waals surface area (Å²) < 4.78 is 33.2. The van der Waals surface area contributed by atoms with Gasteiger partial charge in [0, 0.05) is 16.3 Å². The lowest BCUT2D eigenvalue weighted by Crippen LogP contribution is -2.23. The third-order valence-corrected chi connectivity index (χ3v) is 7.45. The van der Waals surface area contributed by atoms with Crippen molar-refractivity contribution in [2.24, 2.45) is 0 Å². The Balaban J connectivity index is 1.31.